The van der Waals surface area contributed by atoms with Gasteiger partial charge >= 0.3 is 12.1 Å². The molecule has 1 fully saturated rings. The average Bonchev–Trinajstić information content (AvgIpc) is 2.88. The average molecular weight is 597 g/mol. The van der Waals surface area contributed by atoms with E-state index in [1.807, 2.05) is 6.07 Å². The molecule has 1 aliphatic heterocycles. The van der Waals surface area contributed by atoms with Gasteiger partial charge in [0.05, 0.1) is 19.9 Å². The Kier molecular flexibility index (Phi) is 11.3. The summed E-state index contributed by atoms with van der Waals surface area (Å²) < 4.78 is 49.3. The Hall–Kier alpha value is -3.47. The molecule has 2 aromatic carbocycles. The fraction of sp³-hybridized carbons (Fsp3) is 0.548. The van der Waals surface area contributed by atoms with Crippen LogP contribution in [0.15, 0.2) is 30.3 Å². The molecule has 0 bridgehead atoms. The second kappa shape index (κ2) is 13.7. The highest BCUT2D eigenvalue weighted by Crippen LogP contribution is 2.41. The Labute approximate surface area is 246 Å². The summed E-state index contributed by atoms with van der Waals surface area (Å²) in [6.45, 7) is 15.0. The molecule has 0 spiro atoms. The Morgan fingerprint density at radius 1 is 0.905 bits per heavy atom. The van der Waals surface area contributed by atoms with Gasteiger partial charge in [-0.05, 0) is 60.5 Å². The van der Waals surface area contributed by atoms with Crippen molar-refractivity contribution in [3.8, 4) is 17.2 Å². The van der Waals surface area contributed by atoms with Gasteiger partial charge in [0, 0.05) is 24.2 Å². The maximum absolute atomic E-state index is 13.4. The van der Waals surface area contributed by atoms with Crippen LogP contribution in [0.5, 0.6) is 17.2 Å². The summed E-state index contributed by atoms with van der Waals surface area (Å²) in [5.74, 6) is -1.06. The summed E-state index contributed by atoms with van der Waals surface area (Å²) in [5.41, 5.74) is 3.14. The number of amides is 1. The zero-order valence-corrected chi connectivity index (χ0v) is 25.9. The third-order valence-corrected chi connectivity index (χ3v) is 6.84. The van der Waals surface area contributed by atoms with Gasteiger partial charge in [-0.15, -0.1) is 0 Å². The summed E-state index contributed by atoms with van der Waals surface area (Å²) in [6.07, 6.45) is -3.08. The molecular weight excluding hydrogens is 553 g/mol. The van der Waals surface area contributed by atoms with E-state index in [-0.39, 0.29) is 22.8 Å². The molecule has 8 nitrogen and oxygen atoms in total. The SMILES string of the molecule is COc1ccc(C(=O)Nc2cc(C(C)(C)C)cc(C(C)(C)C)c2OC)cc1OC1CCN(C)CC1.O=C(O)C(F)(F)F. The summed E-state index contributed by atoms with van der Waals surface area (Å²) >= 11 is 0. The first-order valence-electron chi connectivity index (χ1n) is 13.7. The number of carboxylic acids is 1. The minimum Gasteiger partial charge on any atom is -0.494 e. The quantitative estimate of drug-likeness (QED) is 0.385. The number of hydrogen-bond acceptors (Lipinski definition) is 6. The van der Waals surface area contributed by atoms with E-state index in [1.54, 1.807) is 32.4 Å². The van der Waals surface area contributed by atoms with Gasteiger partial charge < -0.3 is 29.5 Å². The molecule has 1 aliphatic rings. The number of rotatable bonds is 6. The monoisotopic (exact) mass is 596 g/mol. The van der Waals surface area contributed by atoms with Crippen molar-refractivity contribution in [2.75, 3.05) is 39.7 Å². The Morgan fingerprint density at radius 2 is 1.48 bits per heavy atom. The summed E-state index contributed by atoms with van der Waals surface area (Å²) in [5, 5.41) is 10.2. The molecule has 3 rings (SSSR count). The molecule has 42 heavy (non-hydrogen) atoms. The number of likely N-dealkylation sites (tertiary alicyclic amines) is 1. The number of anilines is 1. The van der Waals surface area contributed by atoms with E-state index in [4.69, 9.17) is 24.1 Å². The van der Waals surface area contributed by atoms with Crippen LogP contribution in [-0.4, -0.2) is 68.5 Å². The number of carbonyl (C=O) groups excluding carboxylic acids is 1. The summed E-state index contributed by atoms with van der Waals surface area (Å²) in [6, 6.07) is 9.54. The van der Waals surface area contributed by atoms with Crippen molar-refractivity contribution in [2.24, 2.45) is 0 Å². The molecule has 1 heterocycles. The predicted octanol–water partition coefficient (Wildman–Crippen LogP) is 6.66. The van der Waals surface area contributed by atoms with Crippen molar-refractivity contribution >= 4 is 17.6 Å². The number of halogens is 3. The first-order chi connectivity index (χ1) is 19.3. The highest BCUT2D eigenvalue weighted by Gasteiger charge is 2.38. The lowest BCUT2D eigenvalue weighted by atomic mass is 9.79. The number of aliphatic carboxylic acids is 1. The molecule has 0 aromatic heterocycles. The van der Waals surface area contributed by atoms with Crippen LogP contribution < -0.4 is 19.5 Å². The number of alkyl halides is 3. The molecule has 1 saturated heterocycles. The van der Waals surface area contributed by atoms with Crippen LogP contribution in [0.2, 0.25) is 0 Å². The summed E-state index contributed by atoms with van der Waals surface area (Å²) in [4.78, 5) is 24.6. The van der Waals surface area contributed by atoms with Crippen LogP contribution in [0.3, 0.4) is 0 Å². The third kappa shape index (κ3) is 9.54. The molecule has 2 aromatic rings. The zero-order chi connectivity index (χ0) is 32.0. The number of nitrogens with zero attached hydrogens (tertiary/aromatic N) is 1. The zero-order valence-electron chi connectivity index (χ0n) is 25.9. The maximum Gasteiger partial charge on any atom is 0.490 e. The Morgan fingerprint density at radius 3 is 1.93 bits per heavy atom. The van der Waals surface area contributed by atoms with Crippen LogP contribution in [0.4, 0.5) is 18.9 Å². The third-order valence-electron chi connectivity index (χ3n) is 6.84. The lowest BCUT2D eigenvalue weighted by molar-refractivity contribution is -0.192. The standard InChI is InChI=1S/C29H42N2O4.C2HF3O2/c1-28(2,3)20-17-22(29(4,5)6)26(34-9)23(18-20)30-27(32)19-10-11-24(33-8)25(16-19)35-21-12-14-31(7)15-13-21;3-2(4,5)1(6)7/h10-11,16-18,21H,12-15H2,1-9H3,(H,30,32);(H,6,7). The smallest absolute Gasteiger partial charge is 0.490 e. The molecule has 2 N–H and O–H groups in total. The Balaban J connectivity index is 0.000000782. The molecule has 0 atom stereocenters. The first-order valence-corrected chi connectivity index (χ1v) is 13.7. The fourth-order valence-electron chi connectivity index (χ4n) is 4.32. The second-order valence-electron chi connectivity index (χ2n) is 12.3. The molecule has 11 heteroatoms. The van der Waals surface area contributed by atoms with Crippen molar-refractivity contribution in [1.29, 1.82) is 0 Å². The minimum absolute atomic E-state index is 0.0824. The van der Waals surface area contributed by atoms with Gasteiger partial charge in [-0.1, -0.05) is 47.6 Å². The maximum atomic E-state index is 13.4. The van der Waals surface area contributed by atoms with E-state index in [0.29, 0.717) is 28.5 Å². The van der Waals surface area contributed by atoms with Crippen LogP contribution in [0.1, 0.15) is 75.9 Å². The Bertz CT molecular complexity index is 1240. The normalized spacial score (nSPS) is 14.9. The highest BCUT2D eigenvalue weighted by molar-refractivity contribution is 6.05. The molecule has 234 valence electrons. The van der Waals surface area contributed by atoms with E-state index < -0.39 is 12.1 Å². The predicted molar refractivity (Wildman–Crippen MR) is 156 cm³/mol. The number of carbonyl (C=O) groups is 2. The summed E-state index contributed by atoms with van der Waals surface area (Å²) in [7, 11) is 5.39. The number of hydrogen-bond donors (Lipinski definition) is 2. The minimum atomic E-state index is -5.08. The molecule has 1 amide bonds. The molecule has 0 aliphatic carbocycles. The van der Waals surface area contributed by atoms with Gasteiger partial charge in [0.2, 0.25) is 0 Å². The van der Waals surface area contributed by atoms with E-state index in [1.165, 1.54) is 0 Å². The number of benzene rings is 2. The first kappa shape index (κ1) is 34.7. The fourth-order valence-corrected chi connectivity index (χ4v) is 4.32. The van der Waals surface area contributed by atoms with Crippen molar-refractivity contribution in [1.82, 2.24) is 4.90 Å². The highest BCUT2D eigenvalue weighted by atomic mass is 19.4. The van der Waals surface area contributed by atoms with Crippen LogP contribution in [-0.2, 0) is 15.6 Å². The number of nitrogens with one attached hydrogen (secondary N) is 1. The van der Waals surface area contributed by atoms with E-state index in [0.717, 1.165) is 37.1 Å². The van der Waals surface area contributed by atoms with Gasteiger partial charge in [-0.25, -0.2) is 4.79 Å². The van der Waals surface area contributed by atoms with Gasteiger partial charge in [0.25, 0.3) is 5.91 Å². The van der Waals surface area contributed by atoms with Gasteiger partial charge in [0.15, 0.2) is 11.5 Å². The molecular formula is C31H43F3N2O6. The largest absolute Gasteiger partial charge is 0.494 e. The van der Waals surface area contributed by atoms with Crippen molar-refractivity contribution < 1.29 is 42.1 Å². The topological polar surface area (TPSA) is 97.3 Å². The van der Waals surface area contributed by atoms with Crippen molar-refractivity contribution in [2.45, 2.75) is 77.5 Å². The van der Waals surface area contributed by atoms with Gasteiger partial charge in [-0.2, -0.15) is 13.2 Å². The van der Waals surface area contributed by atoms with E-state index in [9.17, 15) is 18.0 Å². The van der Waals surface area contributed by atoms with Gasteiger partial charge in [0.1, 0.15) is 11.9 Å². The molecule has 0 saturated carbocycles. The van der Waals surface area contributed by atoms with Crippen LogP contribution >= 0.6 is 0 Å². The number of piperidine rings is 1. The number of carboxylic acid groups (broad SMARTS) is 1. The lowest BCUT2D eigenvalue weighted by Crippen LogP contribution is -2.35. The number of ether oxygens (including phenoxy) is 3. The van der Waals surface area contributed by atoms with E-state index in [2.05, 4.69) is 64.9 Å². The lowest BCUT2D eigenvalue weighted by Gasteiger charge is -2.30. The second-order valence-corrected chi connectivity index (χ2v) is 12.3. The molecule has 0 unspecified atom stereocenters. The van der Waals surface area contributed by atoms with Crippen LogP contribution in [0.25, 0.3) is 0 Å². The van der Waals surface area contributed by atoms with E-state index >= 15 is 0 Å². The van der Waals surface area contributed by atoms with Crippen LogP contribution in [0, 0.1) is 0 Å². The van der Waals surface area contributed by atoms with Crippen molar-refractivity contribution in [3.63, 3.8) is 0 Å². The number of methoxy groups -OCH3 is 2. The van der Waals surface area contributed by atoms with Crippen molar-refractivity contribution in [3.05, 3.63) is 47.0 Å². The van der Waals surface area contributed by atoms with Gasteiger partial charge in [-0.3, -0.25) is 4.79 Å². The molecule has 0 radical (unpaired) electrons.